The van der Waals surface area contributed by atoms with Gasteiger partial charge in [0.15, 0.2) is 0 Å². The summed E-state index contributed by atoms with van der Waals surface area (Å²) in [6.45, 7) is 2.15. The van der Waals surface area contributed by atoms with Crippen molar-refractivity contribution in [3.05, 3.63) is 50.1 Å². The van der Waals surface area contributed by atoms with Crippen molar-refractivity contribution in [2.75, 3.05) is 6.61 Å². The van der Waals surface area contributed by atoms with E-state index in [9.17, 15) is 4.79 Å². The number of aryl methyl sites for hydroxylation is 1. The molecule has 1 N–H and O–H groups in total. The maximum atomic E-state index is 11.6. The number of thiophene rings is 1. The quantitative estimate of drug-likeness (QED) is 0.820. The Balaban J connectivity index is 2.21. The van der Waals surface area contributed by atoms with Crippen molar-refractivity contribution in [1.82, 2.24) is 9.78 Å². The van der Waals surface area contributed by atoms with Crippen LogP contribution >= 0.6 is 11.3 Å². The highest BCUT2D eigenvalue weighted by Gasteiger charge is 2.02. The van der Waals surface area contributed by atoms with Gasteiger partial charge < -0.3 is 5.11 Å². The van der Waals surface area contributed by atoms with Crippen LogP contribution in [0.2, 0.25) is 0 Å². The SMILES string of the molecule is Cc1ccc(=O)n(Cc2ccc(C#CCO)s2)n1. The molecule has 0 aliphatic rings. The van der Waals surface area contributed by atoms with Crippen molar-refractivity contribution in [2.24, 2.45) is 0 Å². The van der Waals surface area contributed by atoms with E-state index < -0.39 is 0 Å². The summed E-state index contributed by atoms with van der Waals surface area (Å²) in [5.74, 6) is 5.43. The number of rotatable bonds is 2. The second-order valence-corrected chi connectivity index (χ2v) is 4.86. The Labute approximate surface area is 109 Å². The Morgan fingerprint density at radius 2 is 2.22 bits per heavy atom. The van der Waals surface area contributed by atoms with Gasteiger partial charge in [0, 0.05) is 10.9 Å². The van der Waals surface area contributed by atoms with E-state index in [2.05, 4.69) is 16.9 Å². The van der Waals surface area contributed by atoms with E-state index in [4.69, 9.17) is 5.11 Å². The van der Waals surface area contributed by atoms with E-state index in [0.29, 0.717) is 6.54 Å². The fraction of sp³-hybridized carbons (Fsp3) is 0.231. The number of hydrogen-bond donors (Lipinski definition) is 1. The zero-order chi connectivity index (χ0) is 13.0. The molecular formula is C13H12N2O2S. The first-order valence-corrected chi connectivity index (χ1v) is 6.24. The standard InChI is InChI=1S/C13H12N2O2S/c1-10-4-7-13(17)15(14-10)9-12-6-5-11(18-12)3-2-8-16/h4-7,16H,8-9H2,1H3. The second kappa shape index (κ2) is 5.63. The predicted molar refractivity (Wildman–Crippen MR) is 70.6 cm³/mol. The summed E-state index contributed by atoms with van der Waals surface area (Å²) in [5, 5.41) is 12.8. The summed E-state index contributed by atoms with van der Waals surface area (Å²) < 4.78 is 1.43. The molecule has 0 amide bonds. The Hall–Kier alpha value is -1.90. The lowest BCUT2D eigenvalue weighted by Gasteiger charge is -2.02. The van der Waals surface area contributed by atoms with Gasteiger partial charge in [0.2, 0.25) is 0 Å². The Bertz CT molecular complexity index is 661. The monoisotopic (exact) mass is 260 g/mol. The van der Waals surface area contributed by atoms with Crippen LogP contribution in [0.15, 0.2) is 29.1 Å². The second-order valence-electron chi connectivity index (χ2n) is 3.70. The molecule has 0 aliphatic heterocycles. The molecule has 5 heteroatoms. The minimum Gasteiger partial charge on any atom is -0.384 e. The zero-order valence-electron chi connectivity index (χ0n) is 9.88. The summed E-state index contributed by atoms with van der Waals surface area (Å²) in [5.41, 5.74) is 0.698. The van der Waals surface area contributed by atoms with Gasteiger partial charge in [0.25, 0.3) is 5.56 Å². The minimum absolute atomic E-state index is 0.114. The van der Waals surface area contributed by atoms with Crippen molar-refractivity contribution in [3.63, 3.8) is 0 Å². The third kappa shape index (κ3) is 3.06. The number of hydrogen-bond acceptors (Lipinski definition) is 4. The van der Waals surface area contributed by atoms with E-state index in [-0.39, 0.29) is 12.2 Å². The van der Waals surface area contributed by atoms with Gasteiger partial charge in [0.05, 0.1) is 17.1 Å². The molecule has 0 fully saturated rings. The third-order valence-electron chi connectivity index (χ3n) is 2.26. The summed E-state index contributed by atoms with van der Waals surface area (Å²) >= 11 is 1.50. The normalized spacial score (nSPS) is 9.89. The number of aliphatic hydroxyl groups excluding tert-OH is 1. The van der Waals surface area contributed by atoms with Gasteiger partial charge in [-0.1, -0.05) is 11.8 Å². The van der Waals surface area contributed by atoms with E-state index in [1.165, 1.54) is 22.1 Å². The largest absolute Gasteiger partial charge is 0.384 e. The minimum atomic E-state index is -0.147. The molecule has 2 aromatic heterocycles. The highest BCUT2D eigenvalue weighted by molar-refractivity contribution is 7.12. The Kier molecular flexibility index (Phi) is 3.92. The van der Waals surface area contributed by atoms with Crippen LogP contribution in [0.4, 0.5) is 0 Å². The van der Waals surface area contributed by atoms with Gasteiger partial charge in [-0.3, -0.25) is 4.79 Å². The van der Waals surface area contributed by atoms with Crippen LogP contribution in [0.25, 0.3) is 0 Å². The van der Waals surface area contributed by atoms with Gasteiger partial charge in [-0.25, -0.2) is 4.68 Å². The Morgan fingerprint density at radius 1 is 1.39 bits per heavy atom. The lowest BCUT2D eigenvalue weighted by Crippen LogP contribution is -2.22. The van der Waals surface area contributed by atoms with Crippen LogP contribution in [0.5, 0.6) is 0 Å². The van der Waals surface area contributed by atoms with Crippen LogP contribution in [0.3, 0.4) is 0 Å². The van der Waals surface area contributed by atoms with Crippen molar-refractivity contribution in [2.45, 2.75) is 13.5 Å². The van der Waals surface area contributed by atoms with Crippen molar-refractivity contribution < 1.29 is 5.11 Å². The highest BCUT2D eigenvalue weighted by atomic mass is 32.1. The molecule has 0 atom stereocenters. The molecule has 2 rings (SSSR count). The van der Waals surface area contributed by atoms with Crippen molar-refractivity contribution >= 4 is 11.3 Å². The molecule has 18 heavy (non-hydrogen) atoms. The van der Waals surface area contributed by atoms with Crippen LogP contribution in [-0.2, 0) is 6.54 Å². The molecule has 0 aromatic carbocycles. The highest BCUT2D eigenvalue weighted by Crippen LogP contribution is 2.15. The smallest absolute Gasteiger partial charge is 0.267 e. The maximum absolute atomic E-state index is 11.6. The van der Waals surface area contributed by atoms with E-state index >= 15 is 0 Å². The molecule has 0 aliphatic carbocycles. The maximum Gasteiger partial charge on any atom is 0.267 e. The lowest BCUT2D eigenvalue weighted by atomic mass is 10.4. The first-order chi connectivity index (χ1) is 8.69. The molecule has 0 unspecified atom stereocenters. The molecule has 2 aromatic rings. The zero-order valence-corrected chi connectivity index (χ0v) is 10.7. The first kappa shape index (κ1) is 12.6. The summed E-state index contributed by atoms with van der Waals surface area (Å²) in [6, 6.07) is 7.01. The Morgan fingerprint density at radius 3 is 3.00 bits per heavy atom. The lowest BCUT2D eigenvalue weighted by molar-refractivity contribution is 0.350. The van der Waals surface area contributed by atoms with Crippen LogP contribution in [0, 0.1) is 18.8 Å². The van der Waals surface area contributed by atoms with Crippen LogP contribution in [0.1, 0.15) is 15.4 Å². The van der Waals surface area contributed by atoms with Gasteiger partial charge in [-0.05, 0) is 25.1 Å². The topological polar surface area (TPSA) is 55.1 Å². The van der Waals surface area contributed by atoms with E-state index in [0.717, 1.165) is 15.4 Å². The summed E-state index contributed by atoms with van der Waals surface area (Å²) in [6.07, 6.45) is 0. The first-order valence-electron chi connectivity index (χ1n) is 5.42. The average Bonchev–Trinajstić information content (AvgIpc) is 2.79. The molecule has 0 saturated carbocycles. The predicted octanol–water partition coefficient (Wildman–Crippen LogP) is 1.01. The van der Waals surface area contributed by atoms with Crippen LogP contribution in [-0.4, -0.2) is 21.5 Å². The fourth-order valence-electron chi connectivity index (χ4n) is 1.47. The van der Waals surface area contributed by atoms with Gasteiger partial charge in [-0.2, -0.15) is 5.10 Å². The molecule has 4 nitrogen and oxygen atoms in total. The van der Waals surface area contributed by atoms with Gasteiger partial charge in [0.1, 0.15) is 6.61 Å². The fourth-order valence-corrected chi connectivity index (χ4v) is 2.33. The average molecular weight is 260 g/mol. The molecule has 0 bridgehead atoms. The molecule has 0 radical (unpaired) electrons. The summed E-state index contributed by atoms with van der Waals surface area (Å²) in [7, 11) is 0. The molecule has 2 heterocycles. The summed E-state index contributed by atoms with van der Waals surface area (Å²) in [4.78, 5) is 13.5. The molecule has 0 saturated heterocycles. The third-order valence-corrected chi connectivity index (χ3v) is 3.24. The van der Waals surface area contributed by atoms with Crippen molar-refractivity contribution in [1.29, 1.82) is 0 Å². The van der Waals surface area contributed by atoms with Gasteiger partial charge >= 0.3 is 0 Å². The number of nitrogens with zero attached hydrogens (tertiary/aromatic N) is 2. The number of aromatic nitrogens is 2. The van der Waals surface area contributed by atoms with Crippen molar-refractivity contribution in [3.8, 4) is 11.8 Å². The number of aliphatic hydroxyl groups is 1. The van der Waals surface area contributed by atoms with Gasteiger partial charge in [-0.15, -0.1) is 11.3 Å². The van der Waals surface area contributed by atoms with E-state index in [1.807, 2.05) is 19.1 Å². The van der Waals surface area contributed by atoms with Crippen LogP contribution < -0.4 is 5.56 Å². The van der Waals surface area contributed by atoms with E-state index in [1.54, 1.807) is 6.07 Å². The molecule has 0 spiro atoms. The molecular weight excluding hydrogens is 248 g/mol. The molecule has 92 valence electrons.